The molecule has 1 N–H and O–H groups in total. The van der Waals surface area contributed by atoms with Gasteiger partial charge in [-0.15, -0.1) is 0 Å². The normalized spacial score (nSPS) is 23.6. The van der Waals surface area contributed by atoms with E-state index in [1.807, 2.05) is 31.2 Å². The average Bonchev–Trinajstić information content (AvgIpc) is 2.77. The van der Waals surface area contributed by atoms with E-state index in [2.05, 4.69) is 19.2 Å². The maximum Gasteiger partial charge on any atom is 0.218 e. The van der Waals surface area contributed by atoms with Crippen LogP contribution in [0.2, 0.25) is 0 Å². The summed E-state index contributed by atoms with van der Waals surface area (Å²) >= 11 is 0. The molecule has 2 rings (SSSR count). The molecule has 0 spiro atoms. The van der Waals surface area contributed by atoms with Crippen LogP contribution in [0.15, 0.2) is 24.3 Å². The zero-order valence-electron chi connectivity index (χ0n) is 13.2. The zero-order chi connectivity index (χ0) is 15.5. The minimum Gasteiger partial charge on any atom is -0.313 e. The highest BCUT2D eigenvalue weighted by atomic mass is 32.2. The molecule has 1 aromatic carbocycles. The van der Waals surface area contributed by atoms with E-state index in [1.54, 1.807) is 4.31 Å². The molecule has 2 unspecified atom stereocenters. The number of nitrogens with zero attached hydrogens (tertiary/aromatic N) is 1. The van der Waals surface area contributed by atoms with Crippen molar-refractivity contribution in [2.24, 2.45) is 5.92 Å². The number of hydrogen-bond acceptors (Lipinski definition) is 3. The lowest BCUT2D eigenvalue weighted by Gasteiger charge is -2.21. The highest BCUT2D eigenvalue weighted by molar-refractivity contribution is 7.88. The van der Waals surface area contributed by atoms with Gasteiger partial charge in [0.25, 0.3) is 0 Å². The zero-order valence-corrected chi connectivity index (χ0v) is 14.0. The topological polar surface area (TPSA) is 49.4 Å². The van der Waals surface area contributed by atoms with Gasteiger partial charge in [0, 0.05) is 19.1 Å². The van der Waals surface area contributed by atoms with Crippen LogP contribution in [0.3, 0.4) is 0 Å². The molecule has 0 aromatic heterocycles. The summed E-state index contributed by atoms with van der Waals surface area (Å²) < 4.78 is 26.7. The molecular weight excluding hydrogens is 284 g/mol. The summed E-state index contributed by atoms with van der Waals surface area (Å²) in [6.45, 7) is 8.59. The minimum absolute atomic E-state index is 0.103. The molecule has 1 aliphatic heterocycles. The molecule has 1 saturated heterocycles. The van der Waals surface area contributed by atoms with Crippen molar-refractivity contribution >= 4 is 10.0 Å². The van der Waals surface area contributed by atoms with Crippen molar-refractivity contribution in [3.8, 4) is 0 Å². The van der Waals surface area contributed by atoms with Crippen molar-refractivity contribution in [2.75, 3.05) is 13.1 Å². The Labute approximate surface area is 128 Å². The number of nitrogens with one attached hydrogen (secondary N) is 1. The molecule has 0 aliphatic carbocycles. The average molecular weight is 310 g/mol. The smallest absolute Gasteiger partial charge is 0.218 e. The summed E-state index contributed by atoms with van der Waals surface area (Å²) in [5.41, 5.74) is 2.04. The van der Waals surface area contributed by atoms with Crippen molar-refractivity contribution in [1.82, 2.24) is 9.62 Å². The van der Waals surface area contributed by atoms with Gasteiger partial charge in [-0.1, -0.05) is 38.1 Å². The SMILES string of the molecule is CCNCc1ccc(CS(=O)(=O)N2CC(C)CC2C)cc1. The Morgan fingerprint density at radius 2 is 1.81 bits per heavy atom. The van der Waals surface area contributed by atoms with Gasteiger partial charge in [0.1, 0.15) is 0 Å². The standard InChI is InChI=1S/C16H26N2O2S/c1-4-17-10-15-5-7-16(8-6-15)12-21(19,20)18-11-13(2)9-14(18)3/h5-8,13-14,17H,4,9-12H2,1-3H3. The first-order valence-corrected chi connectivity index (χ1v) is 9.31. The second-order valence-electron chi connectivity index (χ2n) is 6.11. The highest BCUT2D eigenvalue weighted by Gasteiger charge is 2.34. The van der Waals surface area contributed by atoms with Crippen molar-refractivity contribution in [3.63, 3.8) is 0 Å². The lowest BCUT2D eigenvalue weighted by atomic mass is 10.1. The first-order valence-electron chi connectivity index (χ1n) is 7.70. The van der Waals surface area contributed by atoms with E-state index in [0.717, 1.165) is 25.1 Å². The Kier molecular flexibility index (Phi) is 5.41. The molecule has 1 aromatic rings. The van der Waals surface area contributed by atoms with Crippen LogP contribution in [0.1, 0.15) is 38.3 Å². The van der Waals surface area contributed by atoms with Crippen LogP contribution in [0, 0.1) is 5.92 Å². The number of benzene rings is 1. The van der Waals surface area contributed by atoms with Crippen LogP contribution in [0.4, 0.5) is 0 Å². The van der Waals surface area contributed by atoms with E-state index < -0.39 is 10.0 Å². The monoisotopic (exact) mass is 310 g/mol. The Morgan fingerprint density at radius 3 is 2.33 bits per heavy atom. The van der Waals surface area contributed by atoms with Crippen molar-refractivity contribution in [1.29, 1.82) is 0 Å². The largest absolute Gasteiger partial charge is 0.313 e. The molecule has 21 heavy (non-hydrogen) atoms. The molecule has 4 nitrogen and oxygen atoms in total. The fraction of sp³-hybridized carbons (Fsp3) is 0.625. The lowest BCUT2D eigenvalue weighted by molar-refractivity contribution is 0.405. The molecule has 0 amide bonds. The van der Waals surface area contributed by atoms with Gasteiger partial charge in [0.05, 0.1) is 5.75 Å². The molecule has 2 atom stereocenters. The molecule has 1 heterocycles. The number of sulfonamides is 1. The molecular formula is C16H26N2O2S. The Morgan fingerprint density at radius 1 is 1.19 bits per heavy atom. The van der Waals surface area contributed by atoms with Gasteiger partial charge in [-0.25, -0.2) is 8.42 Å². The maximum absolute atomic E-state index is 12.5. The molecule has 0 bridgehead atoms. The molecule has 0 radical (unpaired) electrons. The summed E-state index contributed by atoms with van der Waals surface area (Å²) in [5.74, 6) is 0.559. The number of hydrogen-bond donors (Lipinski definition) is 1. The molecule has 5 heteroatoms. The summed E-state index contributed by atoms with van der Waals surface area (Å²) in [4.78, 5) is 0. The van der Waals surface area contributed by atoms with Crippen molar-refractivity contribution in [3.05, 3.63) is 35.4 Å². The van der Waals surface area contributed by atoms with E-state index in [9.17, 15) is 8.42 Å². The third-order valence-corrected chi connectivity index (χ3v) is 5.96. The maximum atomic E-state index is 12.5. The third-order valence-electron chi connectivity index (χ3n) is 4.04. The summed E-state index contributed by atoms with van der Waals surface area (Å²) in [5, 5.41) is 3.26. The van der Waals surface area contributed by atoms with Gasteiger partial charge < -0.3 is 5.32 Å². The van der Waals surface area contributed by atoms with Crippen LogP contribution in [-0.4, -0.2) is 31.9 Å². The highest BCUT2D eigenvalue weighted by Crippen LogP contribution is 2.27. The summed E-state index contributed by atoms with van der Waals surface area (Å²) in [7, 11) is -3.21. The quantitative estimate of drug-likeness (QED) is 0.877. The minimum atomic E-state index is -3.21. The molecule has 0 saturated carbocycles. The predicted octanol–water partition coefficient (Wildman–Crippen LogP) is 2.36. The second kappa shape index (κ2) is 6.90. The van der Waals surface area contributed by atoms with Crippen LogP contribution in [0.5, 0.6) is 0 Å². The predicted molar refractivity (Wildman–Crippen MR) is 86.4 cm³/mol. The Bertz CT molecular complexity index is 554. The van der Waals surface area contributed by atoms with Gasteiger partial charge in [-0.2, -0.15) is 4.31 Å². The van der Waals surface area contributed by atoms with Gasteiger partial charge in [0.2, 0.25) is 10.0 Å². The lowest BCUT2D eigenvalue weighted by Crippen LogP contribution is -2.34. The van der Waals surface area contributed by atoms with Gasteiger partial charge in [-0.05, 0) is 36.9 Å². The summed E-state index contributed by atoms with van der Waals surface area (Å²) in [6, 6.07) is 7.98. The van der Waals surface area contributed by atoms with E-state index in [1.165, 1.54) is 5.56 Å². The fourth-order valence-corrected chi connectivity index (χ4v) is 4.86. The molecule has 1 fully saturated rings. The van der Waals surface area contributed by atoms with Gasteiger partial charge in [0.15, 0.2) is 0 Å². The Balaban J connectivity index is 2.03. The fourth-order valence-electron chi connectivity index (χ4n) is 2.97. The Hall–Kier alpha value is -0.910. The first kappa shape index (κ1) is 16.5. The van der Waals surface area contributed by atoms with Crippen LogP contribution in [0.25, 0.3) is 0 Å². The van der Waals surface area contributed by atoms with E-state index in [4.69, 9.17) is 0 Å². The molecule has 118 valence electrons. The van der Waals surface area contributed by atoms with Gasteiger partial charge >= 0.3 is 0 Å². The van der Waals surface area contributed by atoms with E-state index in [0.29, 0.717) is 12.5 Å². The third kappa shape index (κ3) is 4.28. The van der Waals surface area contributed by atoms with Crippen LogP contribution >= 0.6 is 0 Å². The van der Waals surface area contributed by atoms with E-state index >= 15 is 0 Å². The van der Waals surface area contributed by atoms with Crippen LogP contribution < -0.4 is 5.32 Å². The first-order chi connectivity index (χ1) is 9.92. The van der Waals surface area contributed by atoms with E-state index in [-0.39, 0.29) is 11.8 Å². The molecule has 1 aliphatic rings. The van der Waals surface area contributed by atoms with Crippen LogP contribution in [-0.2, 0) is 22.3 Å². The summed E-state index contributed by atoms with van der Waals surface area (Å²) in [6.07, 6.45) is 0.959. The van der Waals surface area contributed by atoms with Crippen molar-refractivity contribution < 1.29 is 8.42 Å². The second-order valence-corrected chi connectivity index (χ2v) is 8.03. The van der Waals surface area contributed by atoms with Gasteiger partial charge in [-0.3, -0.25) is 0 Å². The number of rotatable bonds is 6. The van der Waals surface area contributed by atoms with Crippen molar-refractivity contribution in [2.45, 2.75) is 45.5 Å².